The number of carbonyl (C=O) groups is 1. The fraction of sp³-hybridized carbons (Fsp3) is 0.917. The monoisotopic (exact) mass is 553 g/mol. The molecular weight excluding hydrogens is 545 g/mol. The first-order chi connectivity index (χ1) is 14.1. The van der Waals surface area contributed by atoms with Gasteiger partial charge in [-0.1, -0.05) is 6.92 Å². The first-order valence-electron chi connectivity index (χ1n) is 7.47. The second-order valence-electron chi connectivity index (χ2n) is 5.90. The van der Waals surface area contributed by atoms with Crippen molar-refractivity contribution in [3.05, 3.63) is 0 Å². The fourth-order valence-electron chi connectivity index (χ4n) is 1.73. The van der Waals surface area contributed by atoms with Crippen LogP contribution < -0.4 is 0 Å². The third-order valence-corrected chi connectivity index (χ3v) is 4.73. The Kier molecular flexibility index (Phi) is 8.30. The summed E-state index contributed by atoms with van der Waals surface area (Å²) in [5.41, 5.74) is 0. The number of carboxylic acid groups (broad SMARTS) is 1. The third kappa shape index (κ3) is 4.75. The van der Waals surface area contributed by atoms with Crippen LogP contribution in [0.2, 0.25) is 0 Å². The highest BCUT2D eigenvalue weighted by Crippen LogP contribution is 2.65. The van der Waals surface area contributed by atoms with Crippen LogP contribution >= 0.6 is 11.9 Å². The summed E-state index contributed by atoms with van der Waals surface area (Å²) in [5.74, 6) is -52.5. The minimum absolute atomic E-state index is 0.422. The first kappa shape index (κ1) is 31.6. The van der Waals surface area contributed by atoms with Crippen molar-refractivity contribution in [2.24, 2.45) is 0 Å². The Hall–Kier alpha value is -1.41. The normalized spacial score (nSPS) is 15.8. The lowest BCUT2D eigenvalue weighted by Gasteiger charge is -2.42. The minimum Gasteiger partial charge on any atom is -0.480 e. The highest BCUT2D eigenvalue weighted by molar-refractivity contribution is 7.98. The molecule has 0 bridgehead atoms. The highest BCUT2D eigenvalue weighted by Gasteiger charge is 2.95. The molecule has 0 atom stereocenters. The van der Waals surface area contributed by atoms with Gasteiger partial charge in [0.2, 0.25) is 0 Å². The lowest BCUT2D eigenvalue weighted by molar-refractivity contribution is -0.458. The van der Waals surface area contributed by atoms with Crippen LogP contribution in [0.4, 0.5) is 74.6 Å². The van der Waals surface area contributed by atoms with Gasteiger partial charge in [-0.2, -0.15) is 74.6 Å². The van der Waals surface area contributed by atoms with Crippen molar-refractivity contribution in [2.75, 3.05) is 13.1 Å². The Bertz CT molecular complexity index is 719. The summed E-state index contributed by atoms with van der Waals surface area (Å²) in [4.78, 5) is 10.4. The average molecular weight is 553 g/mol. The molecule has 0 radical (unpaired) electrons. The van der Waals surface area contributed by atoms with Gasteiger partial charge in [-0.05, 0) is 0 Å². The van der Waals surface area contributed by atoms with E-state index in [4.69, 9.17) is 5.11 Å². The predicted octanol–water partition coefficient (Wildman–Crippen LogP) is 6.01. The summed E-state index contributed by atoms with van der Waals surface area (Å²) in [5, 5.41) is 1.62. The molecule has 33 heavy (non-hydrogen) atoms. The maximum atomic E-state index is 13.6. The van der Waals surface area contributed by atoms with E-state index >= 15 is 0 Å². The molecule has 0 aromatic carbocycles. The molecule has 0 fully saturated rings. The summed E-state index contributed by atoms with van der Waals surface area (Å²) >= 11 is -1.95. The summed E-state index contributed by atoms with van der Waals surface area (Å²) in [6, 6.07) is 0. The molecule has 0 aliphatic rings. The second kappa shape index (κ2) is 8.67. The van der Waals surface area contributed by atoms with Gasteiger partial charge in [0.05, 0.1) is 0 Å². The van der Waals surface area contributed by atoms with Crippen LogP contribution in [0.3, 0.4) is 0 Å². The first-order valence-corrected chi connectivity index (χ1v) is 8.24. The zero-order valence-electron chi connectivity index (χ0n) is 15.1. The number of rotatable bonds is 11. The van der Waals surface area contributed by atoms with E-state index in [1.54, 1.807) is 0 Å². The largest absolute Gasteiger partial charge is 0.480 e. The lowest BCUT2D eigenvalue weighted by atomic mass is 9.91. The smallest absolute Gasteiger partial charge is 0.460 e. The lowest BCUT2D eigenvalue weighted by Crippen LogP contribution is -2.74. The Morgan fingerprint density at radius 2 is 0.939 bits per heavy atom. The van der Waals surface area contributed by atoms with Crippen molar-refractivity contribution in [2.45, 2.75) is 53.9 Å². The van der Waals surface area contributed by atoms with Gasteiger partial charge in [0.1, 0.15) is 6.54 Å². The summed E-state index contributed by atoms with van der Waals surface area (Å²) in [7, 11) is 0. The molecule has 0 spiro atoms. The molecule has 0 aromatic rings. The van der Waals surface area contributed by atoms with Gasteiger partial charge in [-0.3, -0.25) is 4.79 Å². The molecule has 0 aliphatic carbocycles. The Labute approximate surface area is 175 Å². The van der Waals surface area contributed by atoms with E-state index in [1.807, 2.05) is 0 Å². The van der Waals surface area contributed by atoms with Crippen LogP contribution in [0.25, 0.3) is 0 Å². The molecule has 0 saturated carbocycles. The van der Waals surface area contributed by atoms with E-state index < -0.39 is 82.3 Å². The number of carboxylic acids is 1. The maximum absolute atomic E-state index is 13.6. The topological polar surface area (TPSA) is 40.5 Å². The SMILES string of the molecule is CCN(CC(=O)O)SC(F)(F)C(F)(F)C(F)(F)C(F)(F)C(F)(F)C(F)(F)C(F)(F)C(F)(F)F. The zero-order valence-corrected chi connectivity index (χ0v) is 15.9. The number of nitrogens with zero attached hydrogens (tertiary/aromatic N) is 1. The number of hydrogen-bond donors (Lipinski definition) is 1. The van der Waals surface area contributed by atoms with Gasteiger partial charge in [0, 0.05) is 18.5 Å². The van der Waals surface area contributed by atoms with Crippen molar-refractivity contribution in [3.8, 4) is 0 Å². The average Bonchev–Trinajstić information content (AvgIpc) is 2.58. The van der Waals surface area contributed by atoms with Crippen LogP contribution in [-0.2, 0) is 4.79 Å². The molecule has 1 N–H and O–H groups in total. The van der Waals surface area contributed by atoms with Crippen LogP contribution in [0.5, 0.6) is 0 Å². The maximum Gasteiger partial charge on any atom is 0.460 e. The molecule has 0 aromatic heterocycles. The molecular formula is C12H8F17NO2S. The number of alkyl halides is 17. The molecule has 0 heterocycles. The van der Waals surface area contributed by atoms with Crippen molar-refractivity contribution < 1.29 is 84.5 Å². The second-order valence-corrected chi connectivity index (χ2v) is 7.11. The van der Waals surface area contributed by atoms with Crippen molar-refractivity contribution in [1.82, 2.24) is 4.31 Å². The molecule has 198 valence electrons. The number of halogens is 17. The molecule has 0 saturated heterocycles. The summed E-state index contributed by atoms with van der Waals surface area (Å²) < 4.78 is 222. The van der Waals surface area contributed by atoms with Crippen molar-refractivity contribution in [3.63, 3.8) is 0 Å². The van der Waals surface area contributed by atoms with Crippen LogP contribution in [0, 0.1) is 0 Å². The van der Waals surface area contributed by atoms with Crippen molar-refractivity contribution in [1.29, 1.82) is 0 Å². The number of likely N-dealkylation sites (N-methyl/N-ethyl adjacent to an activating group) is 1. The van der Waals surface area contributed by atoms with E-state index in [0.717, 1.165) is 0 Å². The summed E-state index contributed by atoms with van der Waals surface area (Å²) in [6.45, 7) is -2.00. The van der Waals surface area contributed by atoms with Gasteiger partial charge in [0.15, 0.2) is 0 Å². The van der Waals surface area contributed by atoms with Gasteiger partial charge < -0.3 is 5.11 Å². The minimum atomic E-state index is -8.70. The molecule has 3 nitrogen and oxygen atoms in total. The number of aliphatic carboxylic acids is 1. The summed E-state index contributed by atoms with van der Waals surface area (Å²) in [6.07, 6.45) is -7.81. The molecule has 0 unspecified atom stereocenters. The van der Waals surface area contributed by atoms with Crippen LogP contribution in [0.15, 0.2) is 0 Å². The van der Waals surface area contributed by atoms with Crippen LogP contribution in [-0.4, -0.2) is 75.4 Å². The van der Waals surface area contributed by atoms with Crippen LogP contribution in [0.1, 0.15) is 6.92 Å². The predicted molar refractivity (Wildman–Crippen MR) is 73.2 cm³/mol. The van der Waals surface area contributed by atoms with E-state index in [0.29, 0.717) is 6.92 Å². The van der Waals surface area contributed by atoms with E-state index in [-0.39, 0.29) is 0 Å². The quantitative estimate of drug-likeness (QED) is 0.252. The molecule has 21 heteroatoms. The number of hydrogen-bond acceptors (Lipinski definition) is 3. The van der Waals surface area contributed by atoms with Crippen molar-refractivity contribution >= 4 is 17.9 Å². The third-order valence-electron chi connectivity index (χ3n) is 3.60. The van der Waals surface area contributed by atoms with E-state index in [9.17, 15) is 79.4 Å². The zero-order chi connectivity index (χ0) is 27.3. The van der Waals surface area contributed by atoms with Gasteiger partial charge >= 0.3 is 52.9 Å². The highest BCUT2D eigenvalue weighted by atomic mass is 32.2. The van der Waals surface area contributed by atoms with E-state index in [1.165, 1.54) is 0 Å². The van der Waals surface area contributed by atoms with Gasteiger partial charge in [-0.15, -0.1) is 0 Å². The standard InChI is InChI=1S/C12H8F17NO2S/c1-2-30(3-4(31)32)33-12(28,29)10(23,24)8(19,20)6(15,16)5(13,14)7(17,18)9(21,22)11(25,26)27/h2-3H2,1H3,(H,31,32). The van der Waals surface area contributed by atoms with Gasteiger partial charge in [0.25, 0.3) is 0 Å². The fourth-order valence-corrected chi connectivity index (χ4v) is 2.60. The van der Waals surface area contributed by atoms with E-state index in [2.05, 4.69) is 0 Å². The molecule has 0 rings (SSSR count). The Balaban J connectivity index is 6.61. The molecule has 0 amide bonds. The molecule has 0 aliphatic heterocycles. The Morgan fingerprint density at radius 3 is 1.21 bits per heavy atom. The Morgan fingerprint density at radius 1 is 0.636 bits per heavy atom. The van der Waals surface area contributed by atoms with Gasteiger partial charge in [-0.25, -0.2) is 4.31 Å².